The van der Waals surface area contributed by atoms with E-state index in [9.17, 15) is 5.11 Å². The van der Waals surface area contributed by atoms with Gasteiger partial charge < -0.3 is 9.67 Å². The number of hydrogen-bond acceptors (Lipinski definition) is 3. The molecule has 0 radical (unpaired) electrons. The van der Waals surface area contributed by atoms with E-state index in [1.807, 2.05) is 43.2 Å². The molecular weight excluding hydrogens is 204 g/mol. The molecule has 86 valence electrons. The van der Waals surface area contributed by atoms with E-state index < -0.39 is 0 Å². The average molecular weight is 220 g/mol. The van der Waals surface area contributed by atoms with Gasteiger partial charge in [-0.15, -0.1) is 5.10 Å². The minimum Gasteiger partial charge on any atom is -0.388 e. The Balaban J connectivity index is 2.08. The molecule has 5 heteroatoms. The third-order valence-electron chi connectivity index (χ3n) is 2.54. The third kappa shape index (κ3) is 2.30. The number of aryl methyl sites for hydroxylation is 1. The SMILES string of the molecule is CCC(O)c1ccn(Cc2cn(C)nn2)c1. The normalized spacial score (nSPS) is 12.9. The second kappa shape index (κ2) is 4.49. The van der Waals surface area contributed by atoms with Crippen molar-refractivity contribution >= 4 is 0 Å². The third-order valence-corrected chi connectivity index (χ3v) is 2.54. The van der Waals surface area contributed by atoms with Gasteiger partial charge in [0.25, 0.3) is 0 Å². The highest BCUT2D eigenvalue weighted by molar-refractivity contribution is 5.14. The Bertz CT molecular complexity index is 460. The number of hydrogen-bond donors (Lipinski definition) is 1. The largest absolute Gasteiger partial charge is 0.388 e. The van der Waals surface area contributed by atoms with Gasteiger partial charge in [0.1, 0.15) is 5.69 Å². The minimum absolute atomic E-state index is 0.372. The van der Waals surface area contributed by atoms with Crippen molar-refractivity contribution in [1.82, 2.24) is 19.6 Å². The number of aromatic nitrogens is 4. The van der Waals surface area contributed by atoms with Crippen molar-refractivity contribution in [2.75, 3.05) is 0 Å². The Kier molecular flexibility index (Phi) is 3.05. The lowest BCUT2D eigenvalue weighted by Gasteiger charge is -2.03. The van der Waals surface area contributed by atoms with Gasteiger partial charge in [-0.2, -0.15) is 0 Å². The first-order chi connectivity index (χ1) is 7.69. The summed E-state index contributed by atoms with van der Waals surface area (Å²) in [6.07, 6.45) is 6.14. The fourth-order valence-electron chi connectivity index (χ4n) is 1.65. The molecule has 0 aliphatic rings. The van der Waals surface area contributed by atoms with Crippen molar-refractivity contribution in [3.8, 4) is 0 Å². The summed E-state index contributed by atoms with van der Waals surface area (Å²) in [6.45, 7) is 2.65. The zero-order chi connectivity index (χ0) is 11.5. The molecule has 2 heterocycles. The van der Waals surface area contributed by atoms with E-state index in [-0.39, 0.29) is 6.10 Å². The van der Waals surface area contributed by atoms with Gasteiger partial charge in [0, 0.05) is 25.6 Å². The van der Waals surface area contributed by atoms with Crippen LogP contribution in [-0.2, 0) is 13.6 Å². The first kappa shape index (κ1) is 10.9. The van der Waals surface area contributed by atoms with Crippen LogP contribution < -0.4 is 0 Å². The molecule has 0 aliphatic carbocycles. The zero-order valence-corrected chi connectivity index (χ0v) is 9.54. The van der Waals surface area contributed by atoms with E-state index in [1.165, 1.54) is 0 Å². The van der Waals surface area contributed by atoms with E-state index in [0.29, 0.717) is 6.54 Å². The Hall–Kier alpha value is -1.62. The Morgan fingerprint density at radius 1 is 1.44 bits per heavy atom. The Morgan fingerprint density at radius 3 is 2.88 bits per heavy atom. The number of nitrogens with zero attached hydrogens (tertiary/aromatic N) is 4. The fraction of sp³-hybridized carbons (Fsp3) is 0.455. The van der Waals surface area contributed by atoms with Gasteiger partial charge >= 0.3 is 0 Å². The quantitative estimate of drug-likeness (QED) is 0.839. The first-order valence-corrected chi connectivity index (χ1v) is 5.38. The van der Waals surface area contributed by atoms with Gasteiger partial charge in [0.2, 0.25) is 0 Å². The van der Waals surface area contributed by atoms with Gasteiger partial charge in [-0.3, -0.25) is 4.68 Å². The van der Waals surface area contributed by atoms with Crippen LogP contribution in [0.5, 0.6) is 0 Å². The van der Waals surface area contributed by atoms with Crippen molar-refractivity contribution in [2.45, 2.75) is 26.0 Å². The number of aliphatic hydroxyl groups excluding tert-OH is 1. The Morgan fingerprint density at radius 2 is 2.25 bits per heavy atom. The molecule has 0 saturated carbocycles. The van der Waals surface area contributed by atoms with Crippen LogP contribution >= 0.6 is 0 Å². The van der Waals surface area contributed by atoms with Crippen LogP contribution in [0.3, 0.4) is 0 Å². The molecule has 0 bridgehead atoms. The van der Waals surface area contributed by atoms with E-state index >= 15 is 0 Å². The van der Waals surface area contributed by atoms with Crippen LogP contribution in [0.2, 0.25) is 0 Å². The van der Waals surface area contributed by atoms with Crippen molar-refractivity contribution in [2.24, 2.45) is 7.05 Å². The maximum absolute atomic E-state index is 9.67. The van der Waals surface area contributed by atoms with Crippen molar-refractivity contribution in [3.05, 3.63) is 35.9 Å². The summed E-state index contributed by atoms with van der Waals surface area (Å²) in [7, 11) is 1.85. The summed E-state index contributed by atoms with van der Waals surface area (Å²) in [5.41, 5.74) is 1.86. The van der Waals surface area contributed by atoms with E-state index in [1.54, 1.807) is 4.68 Å². The van der Waals surface area contributed by atoms with E-state index in [2.05, 4.69) is 10.3 Å². The fourth-order valence-corrected chi connectivity index (χ4v) is 1.65. The summed E-state index contributed by atoms with van der Waals surface area (Å²) in [5.74, 6) is 0. The predicted octanol–water partition coefficient (Wildman–Crippen LogP) is 1.11. The molecule has 0 saturated heterocycles. The maximum Gasteiger partial charge on any atom is 0.102 e. The first-order valence-electron chi connectivity index (χ1n) is 5.38. The molecule has 2 aromatic heterocycles. The molecule has 0 aliphatic heterocycles. The highest BCUT2D eigenvalue weighted by atomic mass is 16.3. The highest BCUT2D eigenvalue weighted by Crippen LogP contribution is 2.16. The lowest BCUT2D eigenvalue weighted by Crippen LogP contribution is -1.98. The molecule has 1 atom stereocenters. The summed E-state index contributed by atoms with van der Waals surface area (Å²) in [5, 5.41) is 17.6. The van der Waals surface area contributed by atoms with Crippen molar-refractivity contribution in [3.63, 3.8) is 0 Å². The van der Waals surface area contributed by atoms with Crippen LogP contribution in [0.4, 0.5) is 0 Å². The predicted molar refractivity (Wildman–Crippen MR) is 59.8 cm³/mol. The Labute approximate surface area is 94.3 Å². The van der Waals surface area contributed by atoms with Crippen LogP contribution in [0.15, 0.2) is 24.7 Å². The second-order valence-electron chi connectivity index (χ2n) is 3.92. The molecule has 0 aromatic carbocycles. The van der Waals surface area contributed by atoms with Gasteiger partial charge in [0.05, 0.1) is 12.6 Å². The van der Waals surface area contributed by atoms with Crippen LogP contribution in [0.25, 0.3) is 0 Å². The molecule has 16 heavy (non-hydrogen) atoms. The van der Waals surface area contributed by atoms with Gasteiger partial charge in [-0.25, -0.2) is 0 Å². The molecule has 5 nitrogen and oxygen atoms in total. The minimum atomic E-state index is -0.372. The smallest absolute Gasteiger partial charge is 0.102 e. The molecule has 0 amide bonds. The zero-order valence-electron chi connectivity index (χ0n) is 9.54. The maximum atomic E-state index is 9.67. The summed E-state index contributed by atoms with van der Waals surface area (Å²) >= 11 is 0. The van der Waals surface area contributed by atoms with Crippen molar-refractivity contribution < 1.29 is 5.11 Å². The summed E-state index contributed by atoms with van der Waals surface area (Å²) < 4.78 is 3.68. The average Bonchev–Trinajstić information content (AvgIpc) is 2.87. The monoisotopic (exact) mass is 220 g/mol. The standard InChI is InChI=1S/C11H16N4O/c1-3-11(16)9-4-5-15(6-9)8-10-7-14(2)13-12-10/h4-7,11,16H,3,8H2,1-2H3. The molecule has 2 rings (SSSR count). The molecule has 0 spiro atoms. The molecule has 1 unspecified atom stereocenters. The lowest BCUT2D eigenvalue weighted by atomic mass is 10.1. The van der Waals surface area contributed by atoms with Gasteiger partial charge in [-0.05, 0) is 18.1 Å². The molecule has 2 aromatic rings. The lowest BCUT2D eigenvalue weighted by molar-refractivity contribution is 0.173. The second-order valence-corrected chi connectivity index (χ2v) is 3.92. The summed E-state index contributed by atoms with van der Waals surface area (Å²) in [4.78, 5) is 0. The van der Waals surface area contributed by atoms with Gasteiger partial charge in [0.15, 0.2) is 0 Å². The van der Waals surface area contributed by atoms with E-state index in [4.69, 9.17) is 0 Å². The molecular formula is C11H16N4O. The van der Waals surface area contributed by atoms with Gasteiger partial charge in [-0.1, -0.05) is 12.1 Å². The van der Waals surface area contributed by atoms with E-state index in [0.717, 1.165) is 17.7 Å². The molecule has 0 fully saturated rings. The van der Waals surface area contributed by atoms with Crippen LogP contribution in [0, 0.1) is 0 Å². The number of rotatable bonds is 4. The number of aliphatic hydroxyl groups is 1. The topological polar surface area (TPSA) is 55.9 Å². The van der Waals surface area contributed by atoms with Crippen molar-refractivity contribution in [1.29, 1.82) is 0 Å². The van der Waals surface area contributed by atoms with Crippen LogP contribution in [0.1, 0.15) is 30.7 Å². The summed E-state index contributed by atoms with van der Waals surface area (Å²) in [6, 6.07) is 1.94. The highest BCUT2D eigenvalue weighted by Gasteiger charge is 2.07. The van der Waals surface area contributed by atoms with Crippen LogP contribution in [-0.4, -0.2) is 24.7 Å². The molecule has 1 N–H and O–H groups in total.